The van der Waals surface area contributed by atoms with Crippen molar-refractivity contribution in [1.29, 1.82) is 0 Å². The minimum Gasteiger partial charge on any atom is -0.393 e. The first-order valence-electron chi connectivity index (χ1n) is 6.53. The van der Waals surface area contributed by atoms with Crippen LogP contribution in [0.3, 0.4) is 0 Å². The van der Waals surface area contributed by atoms with Crippen molar-refractivity contribution >= 4 is 0 Å². The quantitative estimate of drug-likeness (QED) is 0.831. The molecular weight excluding hydrogens is 214 g/mol. The standard InChI is InChI=1S/C13H23N3O/c1-10-6-12(16(2)15-10)9-14-8-11-4-3-5-13(17)7-11/h6,11,13-14,17H,3-5,7-9H2,1-2H3. The molecule has 0 aliphatic heterocycles. The predicted molar refractivity (Wildman–Crippen MR) is 67.6 cm³/mol. The van der Waals surface area contributed by atoms with Crippen molar-refractivity contribution in [2.24, 2.45) is 13.0 Å². The highest BCUT2D eigenvalue weighted by Crippen LogP contribution is 2.23. The molecule has 4 nitrogen and oxygen atoms in total. The molecule has 0 radical (unpaired) electrons. The maximum absolute atomic E-state index is 9.60. The van der Waals surface area contributed by atoms with Gasteiger partial charge in [0, 0.05) is 13.6 Å². The van der Waals surface area contributed by atoms with Gasteiger partial charge in [-0.2, -0.15) is 5.10 Å². The van der Waals surface area contributed by atoms with E-state index in [0.717, 1.165) is 31.6 Å². The number of aromatic nitrogens is 2. The molecule has 17 heavy (non-hydrogen) atoms. The summed E-state index contributed by atoms with van der Waals surface area (Å²) in [4.78, 5) is 0. The fraction of sp³-hybridized carbons (Fsp3) is 0.769. The first-order chi connectivity index (χ1) is 8.15. The van der Waals surface area contributed by atoms with Gasteiger partial charge in [0.1, 0.15) is 0 Å². The van der Waals surface area contributed by atoms with Crippen molar-refractivity contribution in [2.45, 2.75) is 45.3 Å². The summed E-state index contributed by atoms with van der Waals surface area (Å²) in [6, 6.07) is 2.11. The second-order valence-corrected chi connectivity index (χ2v) is 5.22. The van der Waals surface area contributed by atoms with E-state index < -0.39 is 0 Å². The fourth-order valence-electron chi connectivity index (χ4n) is 2.68. The predicted octanol–water partition coefficient (Wildman–Crippen LogP) is 1.37. The Morgan fingerprint density at radius 2 is 2.35 bits per heavy atom. The second kappa shape index (κ2) is 5.65. The van der Waals surface area contributed by atoms with E-state index in [1.807, 2.05) is 18.7 Å². The van der Waals surface area contributed by atoms with Gasteiger partial charge in [0.05, 0.1) is 17.5 Å². The van der Waals surface area contributed by atoms with Crippen LogP contribution in [0.5, 0.6) is 0 Å². The van der Waals surface area contributed by atoms with Crippen LogP contribution in [-0.2, 0) is 13.6 Å². The van der Waals surface area contributed by atoms with Gasteiger partial charge in [-0.05, 0) is 44.7 Å². The molecule has 1 aliphatic carbocycles. The number of aliphatic hydroxyl groups is 1. The van der Waals surface area contributed by atoms with E-state index >= 15 is 0 Å². The van der Waals surface area contributed by atoms with Gasteiger partial charge in [-0.25, -0.2) is 0 Å². The third kappa shape index (κ3) is 3.54. The van der Waals surface area contributed by atoms with Crippen molar-refractivity contribution in [3.8, 4) is 0 Å². The molecule has 1 heterocycles. The van der Waals surface area contributed by atoms with Crippen LogP contribution in [0.25, 0.3) is 0 Å². The average Bonchev–Trinajstić information content (AvgIpc) is 2.58. The molecule has 1 aliphatic rings. The average molecular weight is 237 g/mol. The molecule has 96 valence electrons. The molecular formula is C13H23N3O. The molecule has 0 amide bonds. The van der Waals surface area contributed by atoms with Crippen molar-refractivity contribution in [2.75, 3.05) is 6.54 Å². The first-order valence-corrected chi connectivity index (χ1v) is 6.53. The van der Waals surface area contributed by atoms with E-state index in [-0.39, 0.29) is 6.10 Å². The summed E-state index contributed by atoms with van der Waals surface area (Å²) < 4.78 is 1.93. The Hall–Kier alpha value is -0.870. The minimum atomic E-state index is -0.0745. The van der Waals surface area contributed by atoms with Crippen LogP contribution in [0.4, 0.5) is 0 Å². The lowest BCUT2D eigenvalue weighted by Gasteiger charge is -2.25. The lowest BCUT2D eigenvalue weighted by molar-refractivity contribution is 0.100. The van der Waals surface area contributed by atoms with Crippen LogP contribution in [0.1, 0.15) is 37.1 Å². The van der Waals surface area contributed by atoms with E-state index in [9.17, 15) is 5.11 Å². The van der Waals surface area contributed by atoms with Crippen molar-refractivity contribution in [3.63, 3.8) is 0 Å². The lowest BCUT2D eigenvalue weighted by Crippen LogP contribution is -2.29. The summed E-state index contributed by atoms with van der Waals surface area (Å²) in [7, 11) is 1.98. The Morgan fingerprint density at radius 1 is 1.53 bits per heavy atom. The van der Waals surface area contributed by atoms with Gasteiger partial charge in [-0.3, -0.25) is 4.68 Å². The Morgan fingerprint density at radius 3 is 3.00 bits per heavy atom. The number of rotatable bonds is 4. The van der Waals surface area contributed by atoms with Crippen LogP contribution in [0.2, 0.25) is 0 Å². The zero-order valence-corrected chi connectivity index (χ0v) is 10.8. The van der Waals surface area contributed by atoms with E-state index in [1.165, 1.54) is 18.5 Å². The van der Waals surface area contributed by atoms with Crippen LogP contribution in [0.15, 0.2) is 6.07 Å². The monoisotopic (exact) mass is 237 g/mol. The number of aliphatic hydroxyl groups excluding tert-OH is 1. The lowest BCUT2D eigenvalue weighted by atomic mass is 9.87. The van der Waals surface area contributed by atoms with Crippen molar-refractivity contribution in [3.05, 3.63) is 17.5 Å². The molecule has 4 heteroatoms. The van der Waals surface area contributed by atoms with Crippen LogP contribution >= 0.6 is 0 Å². The number of hydrogen-bond donors (Lipinski definition) is 2. The smallest absolute Gasteiger partial charge is 0.0597 e. The SMILES string of the molecule is Cc1cc(CNCC2CCCC(O)C2)n(C)n1. The molecule has 0 aromatic carbocycles. The van der Waals surface area contributed by atoms with Gasteiger partial charge in [0.2, 0.25) is 0 Å². The Labute approximate surface area is 103 Å². The number of hydrogen-bond acceptors (Lipinski definition) is 3. The third-order valence-corrected chi connectivity index (χ3v) is 3.59. The first kappa shape index (κ1) is 12.6. The van der Waals surface area contributed by atoms with Gasteiger partial charge in [-0.15, -0.1) is 0 Å². The second-order valence-electron chi connectivity index (χ2n) is 5.22. The summed E-state index contributed by atoms with van der Waals surface area (Å²) in [5.41, 5.74) is 2.29. The van der Waals surface area contributed by atoms with Crippen molar-refractivity contribution < 1.29 is 5.11 Å². The largest absolute Gasteiger partial charge is 0.393 e. The topological polar surface area (TPSA) is 50.1 Å². The zero-order chi connectivity index (χ0) is 12.3. The van der Waals surface area contributed by atoms with E-state index in [1.54, 1.807) is 0 Å². The van der Waals surface area contributed by atoms with E-state index in [2.05, 4.69) is 16.5 Å². The van der Waals surface area contributed by atoms with Gasteiger partial charge < -0.3 is 10.4 Å². The van der Waals surface area contributed by atoms with Crippen LogP contribution in [0, 0.1) is 12.8 Å². The molecule has 2 unspecified atom stereocenters. The number of nitrogens with zero attached hydrogens (tertiary/aromatic N) is 2. The molecule has 2 atom stereocenters. The van der Waals surface area contributed by atoms with Gasteiger partial charge in [-0.1, -0.05) is 6.42 Å². The molecule has 0 spiro atoms. The summed E-state index contributed by atoms with van der Waals surface area (Å²) in [6.45, 7) is 3.88. The number of aryl methyl sites for hydroxylation is 2. The fourth-order valence-corrected chi connectivity index (χ4v) is 2.68. The molecule has 1 fully saturated rings. The highest BCUT2D eigenvalue weighted by Gasteiger charge is 2.19. The molecule has 2 N–H and O–H groups in total. The number of nitrogens with one attached hydrogen (secondary N) is 1. The van der Waals surface area contributed by atoms with Crippen molar-refractivity contribution in [1.82, 2.24) is 15.1 Å². The van der Waals surface area contributed by atoms with Crippen LogP contribution in [-0.4, -0.2) is 27.5 Å². The molecule has 1 aromatic heterocycles. The zero-order valence-electron chi connectivity index (χ0n) is 10.8. The van der Waals surface area contributed by atoms with Gasteiger partial charge in [0.15, 0.2) is 0 Å². The highest BCUT2D eigenvalue weighted by atomic mass is 16.3. The Balaban J connectivity index is 1.74. The maximum Gasteiger partial charge on any atom is 0.0597 e. The minimum absolute atomic E-state index is 0.0745. The Kier molecular flexibility index (Phi) is 4.18. The summed E-state index contributed by atoms with van der Waals surface area (Å²) in [6.07, 6.45) is 4.27. The summed E-state index contributed by atoms with van der Waals surface area (Å²) in [5.74, 6) is 0.632. The molecule has 0 saturated heterocycles. The highest BCUT2D eigenvalue weighted by molar-refractivity contribution is 5.08. The normalized spacial score (nSPS) is 25.1. The molecule has 1 aromatic rings. The molecule has 0 bridgehead atoms. The summed E-state index contributed by atoms with van der Waals surface area (Å²) >= 11 is 0. The van der Waals surface area contributed by atoms with Crippen LogP contribution < -0.4 is 5.32 Å². The Bertz CT molecular complexity index is 362. The third-order valence-electron chi connectivity index (χ3n) is 3.59. The van der Waals surface area contributed by atoms with E-state index in [4.69, 9.17) is 0 Å². The molecule has 2 rings (SSSR count). The molecule has 1 saturated carbocycles. The van der Waals surface area contributed by atoms with Gasteiger partial charge in [0.25, 0.3) is 0 Å². The van der Waals surface area contributed by atoms with Gasteiger partial charge >= 0.3 is 0 Å². The maximum atomic E-state index is 9.60. The van der Waals surface area contributed by atoms with E-state index in [0.29, 0.717) is 5.92 Å². The summed E-state index contributed by atoms with van der Waals surface area (Å²) in [5, 5.41) is 17.4.